The highest BCUT2D eigenvalue weighted by Crippen LogP contribution is 2.39. The highest BCUT2D eigenvalue weighted by molar-refractivity contribution is 7.80. The van der Waals surface area contributed by atoms with E-state index in [2.05, 4.69) is 43.1 Å². The summed E-state index contributed by atoms with van der Waals surface area (Å²) in [6, 6.07) is 17.1. The average Bonchev–Trinajstić information content (AvgIpc) is 2.81. The van der Waals surface area contributed by atoms with Crippen molar-refractivity contribution < 1.29 is 9.52 Å². The molecule has 1 aromatic heterocycles. The first kappa shape index (κ1) is 26.4. The van der Waals surface area contributed by atoms with Crippen LogP contribution in [0.5, 0.6) is 5.75 Å². The maximum Gasteiger partial charge on any atom is 0.343 e. The molecule has 0 radical (unpaired) electrons. The van der Waals surface area contributed by atoms with Gasteiger partial charge in [0.05, 0.1) is 10.9 Å². The molecule has 35 heavy (non-hydrogen) atoms. The predicted molar refractivity (Wildman–Crippen MR) is 146 cm³/mol. The molecule has 0 saturated heterocycles. The Morgan fingerprint density at radius 1 is 1.09 bits per heavy atom. The zero-order chi connectivity index (χ0) is 25.7. The summed E-state index contributed by atoms with van der Waals surface area (Å²) in [4.78, 5) is 15.7. The monoisotopic (exact) mass is 494 g/mol. The van der Waals surface area contributed by atoms with Gasteiger partial charge in [-0.2, -0.15) is 5.10 Å². The lowest BCUT2D eigenvalue weighted by Gasteiger charge is -2.37. The minimum atomic E-state index is -0.573. The molecule has 0 bridgehead atoms. The third-order valence-corrected chi connectivity index (χ3v) is 6.40. The lowest BCUT2D eigenvalue weighted by molar-refractivity contribution is 0.156. The number of hydrogen-bond donors (Lipinski definition) is 3. The van der Waals surface area contributed by atoms with Gasteiger partial charge in [0.15, 0.2) is 5.11 Å². The zero-order valence-electron chi connectivity index (χ0n) is 20.9. The van der Waals surface area contributed by atoms with Gasteiger partial charge in [-0.25, -0.2) is 4.79 Å². The van der Waals surface area contributed by atoms with Gasteiger partial charge in [0.2, 0.25) is 0 Å². The van der Waals surface area contributed by atoms with Crippen molar-refractivity contribution in [2.24, 2.45) is 16.8 Å². The third kappa shape index (κ3) is 6.07. The average molecular weight is 495 g/mol. The molecule has 8 heteroatoms. The first-order chi connectivity index (χ1) is 16.6. The number of fused-ring (bicyclic) bond motifs is 1. The third-order valence-electron chi connectivity index (χ3n) is 6.31. The quantitative estimate of drug-likeness (QED) is 0.173. The molecule has 1 heterocycles. The maximum atomic E-state index is 13.4. The van der Waals surface area contributed by atoms with Crippen LogP contribution in [0.15, 0.2) is 68.9 Å². The van der Waals surface area contributed by atoms with Gasteiger partial charge in [0.1, 0.15) is 11.3 Å². The molecule has 2 aromatic carbocycles. The number of thiocarbonyl (C=S) groups is 1. The largest absolute Gasteiger partial charge is 0.507 e. The summed E-state index contributed by atoms with van der Waals surface area (Å²) in [5.74, 6) is -0.917. The summed E-state index contributed by atoms with van der Waals surface area (Å²) in [5, 5.41) is 16.4. The number of nitrogens with zero attached hydrogens (tertiary/aromatic N) is 2. The van der Waals surface area contributed by atoms with Crippen molar-refractivity contribution in [2.45, 2.75) is 52.6 Å². The number of nitrogens with two attached hydrogens (primary N) is 1. The highest BCUT2D eigenvalue weighted by Gasteiger charge is 2.35. The van der Waals surface area contributed by atoms with E-state index in [1.807, 2.05) is 37.3 Å². The van der Waals surface area contributed by atoms with Gasteiger partial charge in [-0.1, -0.05) is 42.5 Å². The van der Waals surface area contributed by atoms with Crippen LogP contribution in [0, 0.1) is 5.92 Å². The smallest absolute Gasteiger partial charge is 0.343 e. The van der Waals surface area contributed by atoms with E-state index >= 15 is 0 Å². The molecule has 0 saturated carbocycles. The summed E-state index contributed by atoms with van der Waals surface area (Å²) in [6.45, 7) is 11.0. The van der Waals surface area contributed by atoms with Crippen molar-refractivity contribution >= 4 is 34.0 Å². The summed E-state index contributed by atoms with van der Waals surface area (Å²) in [6.07, 6.45) is 0. The van der Waals surface area contributed by atoms with Crippen molar-refractivity contribution in [3.8, 4) is 5.75 Å². The fourth-order valence-electron chi connectivity index (χ4n) is 4.63. The Labute approximate surface area is 211 Å². The van der Waals surface area contributed by atoms with Crippen LogP contribution in [0.25, 0.3) is 11.0 Å². The Morgan fingerprint density at radius 3 is 2.29 bits per heavy atom. The van der Waals surface area contributed by atoms with E-state index in [1.54, 1.807) is 24.3 Å². The van der Waals surface area contributed by atoms with Gasteiger partial charge in [0, 0.05) is 36.2 Å². The minimum Gasteiger partial charge on any atom is -0.507 e. The van der Waals surface area contributed by atoms with Gasteiger partial charge in [-0.3, -0.25) is 10.3 Å². The summed E-state index contributed by atoms with van der Waals surface area (Å²) < 4.78 is 5.68. The number of nitrogens with one attached hydrogen (secondary N) is 1. The second-order valence-electron chi connectivity index (χ2n) is 9.26. The highest BCUT2D eigenvalue weighted by atomic mass is 32.1. The second kappa shape index (κ2) is 11.5. The Kier molecular flexibility index (Phi) is 8.64. The molecule has 0 aliphatic rings. The van der Waals surface area contributed by atoms with Gasteiger partial charge < -0.3 is 15.3 Å². The van der Waals surface area contributed by atoms with E-state index in [-0.39, 0.29) is 34.4 Å². The summed E-state index contributed by atoms with van der Waals surface area (Å²) in [7, 11) is 0. The summed E-state index contributed by atoms with van der Waals surface area (Å²) in [5.41, 5.74) is 9.87. The normalized spacial score (nSPS) is 14.0. The van der Waals surface area contributed by atoms with Gasteiger partial charge in [-0.15, -0.1) is 0 Å². The Balaban J connectivity index is 2.30. The Hall–Kier alpha value is -3.23. The summed E-state index contributed by atoms with van der Waals surface area (Å²) >= 11 is 4.96. The lowest BCUT2D eigenvalue weighted by Crippen LogP contribution is -2.44. The molecule has 0 spiro atoms. The van der Waals surface area contributed by atoms with E-state index in [9.17, 15) is 9.90 Å². The number of rotatable bonds is 9. The molecule has 3 aromatic rings. The van der Waals surface area contributed by atoms with Crippen molar-refractivity contribution in [1.82, 2.24) is 10.3 Å². The van der Waals surface area contributed by atoms with Gasteiger partial charge >= 0.3 is 5.63 Å². The molecule has 0 amide bonds. The lowest BCUT2D eigenvalue weighted by atomic mass is 9.77. The molecule has 2 atom stereocenters. The first-order valence-corrected chi connectivity index (χ1v) is 12.2. The minimum absolute atomic E-state index is 0.0528. The SMILES string of the molecule is C/C(=N/NC(N)=S)[C@@H](CN(C(C)C)C(C)C)[C@H](c1ccccc1)c1c(O)c2ccccc2oc1=O. The number of para-hydroxylation sites is 1. The fraction of sp³-hybridized carbons (Fsp3) is 0.370. The zero-order valence-corrected chi connectivity index (χ0v) is 21.7. The molecule has 0 unspecified atom stereocenters. The van der Waals surface area contributed by atoms with Gasteiger partial charge in [0.25, 0.3) is 0 Å². The maximum absolute atomic E-state index is 13.4. The van der Waals surface area contributed by atoms with Crippen molar-refractivity contribution in [3.63, 3.8) is 0 Å². The van der Waals surface area contributed by atoms with Crippen LogP contribution in [0.1, 0.15) is 51.7 Å². The van der Waals surface area contributed by atoms with Crippen molar-refractivity contribution in [1.29, 1.82) is 0 Å². The van der Waals surface area contributed by atoms with Crippen molar-refractivity contribution in [2.75, 3.05) is 6.54 Å². The van der Waals surface area contributed by atoms with Crippen LogP contribution in [0.3, 0.4) is 0 Å². The molecule has 7 nitrogen and oxygen atoms in total. The second-order valence-corrected chi connectivity index (χ2v) is 9.70. The number of aromatic hydroxyl groups is 1. The number of hydrogen-bond acceptors (Lipinski definition) is 6. The molecule has 0 fully saturated rings. The topological polar surface area (TPSA) is 104 Å². The van der Waals surface area contributed by atoms with Crippen LogP contribution in [0.4, 0.5) is 0 Å². The van der Waals surface area contributed by atoms with E-state index in [0.29, 0.717) is 23.2 Å². The molecule has 0 aliphatic carbocycles. The predicted octanol–water partition coefficient (Wildman–Crippen LogP) is 4.57. The molecule has 4 N–H and O–H groups in total. The van der Waals surface area contributed by atoms with E-state index in [4.69, 9.17) is 22.4 Å². The van der Waals surface area contributed by atoms with Crippen LogP contribution in [-0.2, 0) is 0 Å². The number of hydrazone groups is 1. The molecule has 3 rings (SSSR count). The molecule has 0 aliphatic heterocycles. The standard InChI is InChI=1S/C27H34N4O3S/c1-16(2)31(17(3)4)15-21(18(5)29-30-27(28)35)23(19-11-7-6-8-12-19)24-25(32)20-13-9-10-14-22(20)34-26(24)33/h6-14,16-17,21,23,32H,15H2,1-5H3,(H3,28,30,35)/b29-18-/t21-,23+/m1/s1. The molecule has 186 valence electrons. The van der Waals surface area contributed by atoms with Crippen molar-refractivity contribution in [3.05, 3.63) is 76.1 Å². The van der Waals surface area contributed by atoms with Crippen LogP contribution >= 0.6 is 12.2 Å². The van der Waals surface area contributed by atoms with E-state index in [0.717, 1.165) is 5.56 Å². The van der Waals surface area contributed by atoms with E-state index < -0.39 is 11.5 Å². The van der Waals surface area contributed by atoms with Gasteiger partial charge in [-0.05, 0) is 64.5 Å². The Morgan fingerprint density at radius 2 is 1.69 bits per heavy atom. The molecular weight excluding hydrogens is 460 g/mol. The van der Waals surface area contributed by atoms with Crippen LogP contribution in [-0.4, -0.2) is 39.5 Å². The fourth-order valence-corrected chi connectivity index (χ4v) is 4.68. The Bertz CT molecular complexity index is 1250. The molecular formula is C27H34N4O3S. The first-order valence-electron chi connectivity index (χ1n) is 11.8. The van der Waals surface area contributed by atoms with E-state index in [1.165, 1.54) is 0 Å². The van der Waals surface area contributed by atoms with Crippen LogP contribution in [0.2, 0.25) is 0 Å². The van der Waals surface area contributed by atoms with Crippen LogP contribution < -0.4 is 16.8 Å². The number of benzene rings is 2.